The van der Waals surface area contributed by atoms with E-state index in [0.29, 0.717) is 0 Å². The van der Waals surface area contributed by atoms with Crippen molar-refractivity contribution in [3.05, 3.63) is 52.3 Å². The minimum absolute atomic E-state index is 0.0989. The zero-order chi connectivity index (χ0) is 10.7. The van der Waals surface area contributed by atoms with Crippen LogP contribution in [0.5, 0.6) is 0 Å². The van der Waals surface area contributed by atoms with E-state index >= 15 is 0 Å². The molecule has 1 aliphatic heterocycles. The minimum atomic E-state index is 0.0989. The topological polar surface area (TPSA) is 17.1 Å². The Bertz CT molecular complexity index is 432. The molecule has 0 radical (unpaired) electrons. The van der Waals surface area contributed by atoms with Crippen molar-refractivity contribution in [2.24, 2.45) is 0 Å². The van der Waals surface area contributed by atoms with Gasteiger partial charge in [-0.05, 0) is 24.0 Å². The Hall–Kier alpha value is -0.930. The smallest absolute Gasteiger partial charge is 0.153 e. The van der Waals surface area contributed by atoms with Crippen LogP contribution in [0.1, 0.15) is 12.5 Å². The summed E-state index contributed by atoms with van der Waals surface area (Å²) in [4.78, 5) is 12.1. The molecule has 1 aromatic rings. The van der Waals surface area contributed by atoms with E-state index < -0.39 is 0 Å². The third kappa shape index (κ3) is 2.55. The second-order valence-corrected chi connectivity index (χ2v) is 5.31. The summed E-state index contributed by atoms with van der Waals surface area (Å²) in [6.45, 7) is 1.58. The van der Waals surface area contributed by atoms with E-state index in [1.54, 1.807) is 34.6 Å². The molecule has 0 saturated heterocycles. The molecule has 1 nitrogen and oxygen atoms in total. The number of hydrogen-bond acceptors (Lipinski definition) is 3. The Morgan fingerprint density at radius 1 is 1.27 bits per heavy atom. The standard InChI is InChI=1S/C12H10OS2/c1-9(13)7-12-11(8-14-15-12)10-5-3-2-4-6-10/h2-8H,1H3. The third-order valence-electron chi connectivity index (χ3n) is 1.99. The fourth-order valence-corrected chi connectivity index (χ4v) is 3.57. The number of benzene rings is 1. The summed E-state index contributed by atoms with van der Waals surface area (Å²) in [5.41, 5.74) is 2.32. The van der Waals surface area contributed by atoms with Gasteiger partial charge in [0, 0.05) is 10.5 Å². The number of rotatable bonds is 2. The van der Waals surface area contributed by atoms with Crippen LogP contribution in [-0.2, 0) is 4.79 Å². The first-order valence-electron chi connectivity index (χ1n) is 4.59. The molecule has 76 valence electrons. The molecule has 0 spiro atoms. The van der Waals surface area contributed by atoms with Gasteiger partial charge in [0.25, 0.3) is 0 Å². The van der Waals surface area contributed by atoms with Crippen molar-refractivity contribution in [3.8, 4) is 0 Å². The van der Waals surface area contributed by atoms with Gasteiger partial charge < -0.3 is 0 Å². The first-order chi connectivity index (χ1) is 7.27. The molecule has 0 fully saturated rings. The highest BCUT2D eigenvalue weighted by Crippen LogP contribution is 2.47. The van der Waals surface area contributed by atoms with Gasteiger partial charge in [-0.3, -0.25) is 4.79 Å². The first-order valence-corrected chi connectivity index (χ1v) is 6.80. The molecular formula is C12H10OS2. The lowest BCUT2D eigenvalue weighted by atomic mass is 10.1. The highest BCUT2D eigenvalue weighted by Gasteiger charge is 2.15. The fraction of sp³-hybridized carbons (Fsp3) is 0.0833. The van der Waals surface area contributed by atoms with Gasteiger partial charge in [-0.25, -0.2) is 0 Å². The van der Waals surface area contributed by atoms with E-state index in [1.807, 2.05) is 18.2 Å². The van der Waals surface area contributed by atoms with Crippen LogP contribution in [0.2, 0.25) is 0 Å². The molecule has 1 heterocycles. The highest BCUT2D eigenvalue weighted by atomic mass is 33.1. The zero-order valence-corrected chi connectivity index (χ0v) is 9.90. The number of carbonyl (C=O) groups is 1. The number of hydrogen-bond donors (Lipinski definition) is 0. The molecule has 0 saturated carbocycles. The van der Waals surface area contributed by atoms with E-state index in [1.165, 1.54) is 5.56 Å². The lowest BCUT2D eigenvalue weighted by Gasteiger charge is -2.02. The van der Waals surface area contributed by atoms with Crippen LogP contribution in [0, 0.1) is 0 Å². The lowest BCUT2D eigenvalue weighted by molar-refractivity contribution is -0.112. The molecule has 1 aliphatic rings. The summed E-state index contributed by atoms with van der Waals surface area (Å²) in [7, 11) is 3.30. The highest BCUT2D eigenvalue weighted by molar-refractivity contribution is 8.80. The van der Waals surface area contributed by atoms with E-state index in [4.69, 9.17) is 0 Å². The fourth-order valence-electron chi connectivity index (χ4n) is 1.34. The lowest BCUT2D eigenvalue weighted by Crippen LogP contribution is -1.87. The van der Waals surface area contributed by atoms with E-state index in [9.17, 15) is 4.79 Å². The Morgan fingerprint density at radius 2 is 2.00 bits per heavy atom. The molecule has 0 amide bonds. The van der Waals surface area contributed by atoms with Crippen LogP contribution in [0.4, 0.5) is 0 Å². The Balaban J connectivity index is 2.34. The Labute approximate surface area is 97.0 Å². The Kier molecular flexibility index (Phi) is 3.34. The number of ketones is 1. The van der Waals surface area contributed by atoms with Crippen LogP contribution < -0.4 is 0 Å². The maximum atomic E-state index is 11.1. The molecule has 0 bridgehead atoms. The monoisotopic (exact) mass is 234 g/mol. The third-order valence-corrected chi connectivity index (χ3v) is 4.05. The first kappa shape index (κ1) is 10.6. The molecule has 1 aromatic carbocycles. The van der Waals surface area contributed by atoms with Crippen molar-refractivity contribution in [3.63, 3.8) is 0 Å². The van der Waals surface area contributed by atoms with Gasteiger partial charge in [0.1, 0.15) is 0 Å². The summed E-state index contributed by atoms with van der Waals surface area (Å²) < 4.78 is 0. The zero-order valence-electron chi connectivity index (χ0n) is 8.27. The number of allylic oxidation sites excluding steroid dienone is 2. The van der Waals surface area contributed by atoms with Gasteiger partial charge in [-0.1, -0.05) is 51.9 Å². The second-order valence-electron chi connectivity index (χ2n) is 3.20. The molecular weight excluding hydrogens is 224 g/mol. The summed E-state index contributed by atoms with van der Waals surface area (Å²) in [6.07, 6.45) is 1.70. The predicted octanol–water partition coefficient (Wildman–Crippen LogP) is 3.90. The molecule has 0 aliphatic carbocycles. The van der Waals surface area contributed by atoms with Crippen LogP contribution in [0.25, 0.3) is 5.57 Å². The summed E-state index contributed by atoms with van der Waals surface area (Å²) >= 11 is 0. The van der Waals surface area contributed by atoms with Gasteiger partial charge in [0.2, 0.25) is 0 Å². The average molecular weight is 234 g/mol. The molecule has 3 heteroatoms. The molecule has 0 aromatic heterocycles. The van der Waals surface area contributed by atoms with E-state index in [0.717, 1.165) is 10.5 Å². The van der Waals surface area contributed by atoms with Crippen LogP contribution >= 0.6 is 21.6 Å². The molecule has 0 N–H and O–H groups in total. The van der Waals surface area contributed by atoms with Crippen molar-refractivity contribution in [1.82, 2.24) is 0 Å². The van der Waals surface area contributed by atoms with Crippen molar-refractivity contribution in [2.75, 3.05) is 0 Å². The maximum Gasteiger partial charge on any atom is 0.153 e. The normalized spacial score (nSPS) is 17.9. The summed E-state index contributed by atoms with van der Waals surface area (Å²) in [5.74, 6) is 0.0989. The summed E-state index contributed by atoms with van der Waals surface area (Å²) in [6, 6.07) is 10.1. The van der Waals surface area contributed by atoms with Gasteiger partial charge in [0.15, 0.2) is 5.78 Å². The Morgan fingerprint density at radius 3 is 2.67 bits per heavy atom. The van der Waals surface area contributed by atoms with Crippen LogP contribution in [0.3, 0.4) is 0 Å². The van der Waals surface area contributed by atoms with Crippen molar-refractivity contribution in [2.45, 2.75) is 6.92 Å². The molecule has 0 atom stereocenters. The number of carbonyl (C=O) groups excluding carboxylic acids is 1. The van der Waals surface area contributed by atoms with Crippen LogP contribution in [-0.4, -0.2) is 5.78 Å². The van der Waals surface area contributed by atoms with Gasteiger partial charge in [0.05, 0.1) is 0 Å². The van der Waals surface area contributed by atoms with Crippen LogP contribution in [0.15, 0.2) is 46.7 Å². The largest absolute Gasteiger partial charge is 0.295 e. The van der Waals surface area contributed by atoms with Gasteiger partial charge in [-0.2, -0.15) is 0 Å². The summed E-state index contributed by atoms with van der Waals surface area (Å²) in [5, 5.41) is 2.09. The van der Waals surface area contributed by atoms with Crippen molar-refractivity contribution >= 4 is 32.9 Å². The molecule has 15 heavy (non-hydrogen) atoms. The van der Waals surface area contributed by atoms with E-state index in [2.05, 4.69) is 17.5 Å². The van der Waals surface area contributed by atoms with Gasteiger partial charge in [-0.15, -0.1) is 0 Å². The predicted molar refractivity (Wildman–Crippen MR) is 68.4 cm³/mol. The molecule has 2 rings (SSSR count). The second kappa shape index (κ2) is 4.73. The SMILES string of the molecule is CC(=O)C=C1SSC=C1c1ccccc1. The van der Waals surface area contributed by atoms with E-state index in [-0.39, 0.29) is 5.78 Å². The maximum absolute atomic E-state index is 11.1. The quantitative estimate of drug-likeness (QED) is 0.570. The minimum Gasteiger partial charge on any atom is -0.295 e. The van der Waals surface area contributed by atoms with Gasteiger partial charge >= 0.3 is 0 Å². The molecule has 0 unspecified atom stereocenters. The van der Waals surface area contributed by atoms with Crippen molar-refractivity contribution in [1.29, 1.82) is 0 Å². The average Bonchev–Trinajstić information content (AvgIpc) is 2.66. The van der Waals surface area contributed by atoms with Crippen molar-refractivity contribution < 1.29 is 4.79 Å².